The second-order valence-electron chi connectivity index (χ2n) is 39.1. The van der Waals surface area contributed by atoms with E-state index in [0.717, 1.165) is 152 Å². The molecular weight excluding hydrogens is 1950 g/mol. The van der Waals surface area contributed by atoms with Gasteiger partial charge < -0.3 is 76.1 Å². The van der Waals surface area contributed by atoms with Crippen LogP contribution in [0.1, 0.15) is 456 Å². The molecule has 0 unspecified atom stereocenters. The Balaban J connectivity index is 0.000000392. The van der Waals surface area contributed by atoms with Gasteiger partial charge in [0.2, 0.25) is 0 Å². The Morgan fingerprint density at radius 3 is 0.238 bits per heavy atom. The second kappa shape index (κ2) is 50.3. The van der Waals surface area contributed by atoms with Crippen molar-refractivity contribution in [3.8, 4) is 51.7 Å². The number of rotatable bonds is 36. The zero-order valence-corrected chi connectivity index (χ0v) is 92.7. The Morgan fingerprint density at radius 1 is 0.135 bits per heavy atom. The summed E-state index contributed by atoms with van der Waals surface area (Å²) in [6.07, 6.45) is 0. The third-order valence-electron chi connectivity index (χ3n) is 22.9. The maximum atomic E-state index is 7.04. The number of hydrogen-bond donors (Lipinski definition) is 0. The molecule has 126 heavy (non-hydrogen) atoms. The molecule has 0 atom stereocenters. The minimum Gasteiger partial charge on any atom is -0.665 e. The minimum absolute atomic E-state index is 0. The van der Waals surface area contributed by atoms with E-state index in [9.17, 15) is 0 Å². The summed E-state index contributed by atoms with van der Waals surface area (Å²) in [5.41, 5.74) is 20.1. The van der Waals surface area contributed by atoms with Gasteiger partial charge in [-0.05, 0) is 207 Å². The number of benzene rings is 9. The molecule has 9 aromatic carbocycles. The molecule has 702 valence electrons. The van der Waals surface area contributed by atoms with Crippen molar-refractivity contribution in [1.82, 2.24) is 0 Å². The Hall–Kier alpha value is -4.90. The van der Waals surface area contributed by atoms with Crippen molar-refractivity contribution in [3.63, 3.8) is 0 Å². The second-order valence-corrected chi connectivity index (χ2v) is 48.4. The minimum atomic E-state index is -3.85. The standard InChI is InChI=1S/3C36H51O3SSi.3Ag/c3*1-22(2)28-16-13-17-29(23(3)4)34(28)37-41(40,38-35-30(24(5)6)18-14-19-31(35)25(7)8)39-36-32(26(9)10)20-15-21-33(36)27(11)12;;;/h3*13-27H,1-12H3;;;/q3*-1;3*+1. The van der Waals surface area contributed by atoms with E-state index >= 15 is 0 Å². The van der Waals surface area contributed by atoms with Gasteiger partial charge in [-0.1, -0.05) is 413 Å². The van der Waals surface area contributed by atoms with Crippen molar-refractivity contribution >= 4 is 60.1 Å². The van der Waals surface area contributed by atoms with Gasteiger partial charge in [-0.25, -0.2) is 0 Å². The van der Waals surface area contributed by atoms with Gasteiger partial charge >= 0.3 is 91.0 Å². The first-order chi connectivity index (χ1) is 57.5. The van der Waals surface area contributed by atoms with Crippen molar-refractivity contribution in [2.24, 2.45) is 0 Å². The Morgan fingerprint density at radius 2 is 0.190 bits per heavy atom. The van der Waals surface area contributed by atoms with E-state index in [4.69, 9.17) is 76.1 Å². The predicted molar refractivity (Wildman–Crippen MR) is 537 cm³/mol. The molecular formula is C108H153Ag3O9S3Si3. The first-order valence-electron chi connectivity index (χ1n) is 46.0. The SMILES string of the molecule is CC(C)c1cccc(C(C)C)c1O[Si]([S-])(Oc1c(C(C)C)cccc1C(C)C)Oc1c(C(C)C)cccc1C(C)C.CC(C)c1cccc(C(C)C)c1O[Si]([S-])(Oc1c(C(C)C)cccc1C(C)C)Oc1c(C(C)C)cccc1C(C)C.CC(C)c1cccc(C(C)C)c1O[Si]([S-])(Oc1c(C(C)C)cccc1C(C)C)Oc1c(C(C)C)cccc1C(C)C.[Ag+].[Ag+].[Ag+]. The molecule has 18 heteroatoms. The summed E-state index contributed by atoms with van der Waals surface area (Å²) in [7, 11) is -11.6. The average molecular weight is 2100 g/mol. The largest absolute Gasteiger partial charge is 1.00 e. The van der Waals surface area contributed by atoms with E-state index < -0.39 is 23.9 Å². The molecule has 9 aromatic rings. The van der Waals surface area contributed by atoms with Gasteiger partial charge in [-0.15, -0.1) is 0 Å². The fourth-order valence-corrected chi connectivity index (χ4v) is 22.7. The maximum Gasteiger partial charge on any atom is 1.00 e. The number of hydrogen-bond acceptors (Lipinski definition) is 12. The van der Waals surface area contributed by atoms with Gasteiger partial charge in [0.25, 0.3) is 0 Å². The molecule has 0 radical (unpaired) electrons. The van der Waals surface area contributed by atoms with E-state index in [1.165, 1.54) is 0 Å². The molecule has 0 N–H and O–H groups in total. The van der Waals surface area contributed by atoms with Gasteiger partial charge in [-0.3, -0.25) is 0 Å². The van der Waals surface area contributed by atoms with Crippen LogP contribution < -0.4 is 39.8 Å². The Labute approximate surface area is 830 Å². The van der Waals surface area contributed by atoms with Crippen LogP contribution in [0.3, 0.4) is 0 Å². The van der Waals surface area contributed by atoms with E-state index in [1.807, 2.05) is 0 Å². The molecule has 0 spiro atoms. The molecule has 0 aromatic heterocycles. The molecule has 0 aliphatic rings. The van der Waals surface area contributed by atoms with Crippen LogP contribution in [0, 0.1) is 0 Å². The van der Waals surface area contributed by atoms with Crippen LogP contribution in [0.2, 0.25) is 0 Å². The quantitative estimate of drug-likeness (QED) is 0.0277. The molecule has 9 rings (SSSR count). The first kappa shape index (κ1) is 113. The average Bonchev–Trinajstić information content (AvgIpc) is 0.776. The molecule has 0 bridgehead atoms. The van der Waals surface area contributed by atoms with Gasteiger partial charge in [-0.2, -0.15) is 0 Å². The van der Waals surface area contributed by atoms with Crippen LogP contribution in [0.4, 0.5) is 0 Å². The smallest absolute Gasteiger partial charge is 0.665 e. The van der Waals surface area contributed by atoms with E-state index in [0.29, 0.717) is 0 Å². The molecule has 0 heterocycles. The van der Waals surface area contributed by atoms with Crippen LogP contribution in [-0.4, -0.2) is 23.9 Å². The Kier molecular flexibility index (Phi) is 45.2. The molecule has 0 fully saturated rings. The summed E-state index contributed by atoms with van der Waals surface area (Å²) in [6, 6.07) is 57.5. The Bertz CT molecular complexity index is 3720. The first-order valence-corrected chi connectivity index (χ1v) is 54.5. The summed E-state index contributed by atoms with van der Waals surface area (Å²) >= 11 is 19.5. The van der Waals surface area contributed by atoms with Crippen molar-refractivity contribution in [1.29, 1.82) is 0 Å². The van der Waals surface area contributed by atoms with E-state index in [-0.39, 0.29) is 174 Å². The molecule has 9 nitrogen and oxygen atoms in total. The van der Waals surface area contributed by atoms with Gasteiger partial charge in [0, 0.05) is 0 Å². The summed E-state index contributed by atoms with van der Waals surface area (Å²) in [5, 5.41) is 0. The summed E-state index contributed by atoms with van der Waals surface area (Å²) in [6.45, 7) is 78.9. The number of para-hydroxylation sites is 9. The van der Waals surface area contributed by atoms with Crippen molar-refractivity contribution in [2.75, 3.05) is 0 Å². The molecule has 0 aliphatic heterocycles. The topological polar surface area (TPSA) is 83.1 Å². The van der Waals surface area contributed by atoms with Crippen molar-refractivity contribution in [2.45, 2.75) is 356 Å². The van der Waals surface area contributed by atoms with Crippen LogP contribution in [0.25, 0.3) is 0 Å². The fourth-order valence-electron chi connectivity index (χ4n) is 15.7. The van der Waals surface area contributed by atoms with E-state index in [1.54, 1.807) is 0 Å². The maximum absolute atomic E-state index is 7.04. The summed E-state index contributed by atoms with van der Waals surface area (Å²) in [4.78, 5) is 0. The van der Waals surface area contributed by atoms with Gasteiger partial charge in [0.05, 0.1) is 0 Å². The third-order valence-corrected chi connectivity index (χ3v) is 29.3. The van der Waals surface area contributed by atoms with Crippen LogP contribution >= 0.6 is 0 Å². The molecule has 0 aliphatic carbocycles. The normalized spacial score (nSPS) is 12.1. The van der Waals surface area contributed by atoms with Crippen LogP contribution in [-0.2, 0) is 103 Å². The van der Waals surface area contributed by atoms with E-state index in [2.05, 4.69) is 413 Å². The zero-order chi connectivity index (χ0) is 91.9. The van der Waals surface area contributed by atoms with Crippen LogP contribution in [0.5, 0.6) is 51.7 Å². The summed E-state index contributed by atoms with van der Waals surface area (Å²) in [5.74, 6) is 11.8. The molecule has 0 saturated heterocycles. The van der Waals surface area contributed by atoms with Gasteiger partial charge in [0.15, 0.2) is 0 Å². The predicted octanol–water partition coefficient (Wildman–Crippen LogP) is 32.8. The summed E-state index contributed by atoms with van der Waals surface area (Å²) < 4.78 is 63.4. The van der Waals surface area contributed by atoms with Crippen molar-refractivity contribution in [3.05, 3.63) is 264 Å². The van der Waals surface area contributed by atoms with Crippen LogP contribution in [0.15, 0.2) is 164 Å². The fraction of sp³-hybridized carbons (Fsp3) is 0.500. The monoisotopic (exact) mass is 2090 g/mol. The van der Waals surface area contributed by atoms with Gasteiger partial charge in [0.1, 0.15) is 51.7 Å². The zero-order valence-electron chi connectivity index (χ0n) is 82.8. The third kappa shape index (κ3) is 29.3. The van der Waals surface area contributed by atoms with Crippen molar-refractivity contribution < 1.29 is 107 Å². The molecule has 0 saturated carbocycles. The molecule has 0 amide bonds.